The van der Waals surface area contributed by atoms with Crippen molar-refractivity contribution in [2.45, 2.75) is 13.3 Å². The minimum absolute atomic E-state index is 0.0424. The van der Waals surface area contributed by atoms with Crippen LogP contribution in [-0.2, 0) is 14.3 Å². The first-order valence-corrected chi connectivity index (χ1v) is 9.50. The zero-order chi connectivity index (χ0) is 22.5. The number of Topliss-reactive ketones (excluding diaryl/α,β-unsaturated/α-hetero) is 1. The van der Waals surface area contributed by atoms with Crippen LogP contribution in [0.1, 0.15) is 22.3 Å². The molecule has 0 radical (unpaired) electrons. The number of urea groups is 1. The van der Waals surface area contributed by atoms with E-state index >= 15 is 0 Å². The van der Waals surface area contributed by atoms with Crippen molar-refractivity contribution in [3.05, 3.63) is 65.3 Å². The number of benzene rings is 1. The van der Waals surface area contributed by atoms with Gasteiger partial charge in [0, 0.05) is 11.3 Å². The van der Waals surface area contributed by atoms with Gasteiger partial charge in [-0.2, -0.15) is 0 Å². The van der Waals surface area contributed by atoms with Gasteiger partial charge >= 0.3 is 23.9 Å². The molecule has 0 aromatic heterocycles. The van der Waals surface area contributed by atoms with E-state index in [2.05, 4.69) is 10.1 Å². The summed E-state index contributed by atoms with van der Waals surface area (Å²) in [6, 6.07) is 3.67. The second kappa shape index (κ2) is 9.21. The molecule has 1 aliphatic carbocycles. The number of ether oxygens (including phenoxy) is 1. The molecule has 0 spiro atoms. The fourth-order valence-electron chi connectivity index (χ4n) is 3.13. The molecule has 5 amide bonds. The topological polar surface area (TPSA) is 113 Å². The summed E-state index contributed by atoms with van der Waals surface area (Å²) >= 11 is 0. The molecule has 0 unspecified atom stereocenters. The minimum Gasteiger partial charge on any atom is -0.453 e. The number of hydrogen-bond donors (Lipinski definition) is 1. The highest BCUT2D eigenvalue weighted by molar-refractivity contribution is 6.45. The molecule has 1 fully saturated rings. The maximum atomic E-state index is 12.7. The molecule has 3 rings (SSSR count). The highest BCUT2D eigenvalue weighted by atomic mass is 16.5. The van der Waals surface area contributed by atoms with E-state index in [-0.39, 0.29) is 12.1 Å². The Bertz CT molecular complexity index is 1050. The molecule has 1 aromatic carbocycles. The van der Waals surface area contributed by atoms with Gasteiger partial charge in [0.1, 0.15) is 0 Å². The van der Waals surface area contributed by atoms with Crippen LogP contribution >= 0.6 is 0 Å². The molecule has 1 N–H and O–H groups in total. The monoisotopic (exact) mass is 423 g/mol. The van der Waals surface area contributed by atoms with E-state index in [1.54, 1.807) is 19.1 Å². The Morgan fingerprint density at radius 2 is 1.84 bits per heavy atom. The number of imide groups is 2. The van der Waals surface area contributed by atoms with Crippen LogP contribution in [0.3, 0.4) is 0 Å². The standard InChI is InChI=1S/C22H21N3O6/c1-14-11-16(9-10-17(14)23-21(29)31-2)18(26)13-25-20(28)19(27)24(22(25)30)12-15-7-5-3-4-6-8-15/h3-5,7-11H,6,12-13H2,1-2H3,(H,23,29). The number of aryl methyl sites for hydroxylation is 1. The van der Waals surface area contributed by atoms with Crippen LogP contribution < -0.4 is 5.32 Å². The first kappa shape index (κ1) is 21.7. The second-order valence-electron chi connectivity index (χ2n) is 6.94. The lowest BCUT2D eigenvalue weighted by Crippen LogP contribution is -2.37. The van der Waals surface area contributed by atoms with Crippen molar-refractivity contribution in [1.82, 2.24) is 9.80 Å². The van der Waals surface area contributed by atoms with Gasteiger partial charge in [0.25, 0.3) is 0 Å². The van der Waals surface area contributed by atoms with E-state index < -0.39 is 36.3 Å². The smallest absolute Gasteiger partial charge is 0.411 e. The summed E-state index contributed by atoms with van der Waals surface area (Å²) in [5.74, 6) is -2.50. The molecule has 0 bridgehead atoms. The first-order valence-electron chi connectivity index (χ1n) is 9.50. The minimum atomic E-state index is -1.03. The second-order valence-corrected chi connectivity index (χ2v) is 6.94. The predicted octanol–water partition coefficient (Wildman–Crippen LogP) is 2.59. The molecule has 0 atom stereocenters. The van der Waals surface area contributed by atoms with Crippen LogP contribution in [0.2, 0.25) is 0 Å². The number of carbonyl (C=O) groups is 5. The molecule has 0 saturated carbocycles. The Labute approximate surface area is 178 Å². The zero-order valence-electron chi connectivity index (χ0n) is 17.1. The number of rotatable bonds is 6. The molecular weight excluding hydrogens is 402 g/mol. The normalized spacial score (nSPS) is 15.8. The lowest BCUT2D eigenvalue weighted by Gasteiger charge is -2.16. The number of carbonyl (C=O) groups excluding carboxylic acids is 5. The third-order valence-electron chi connectivity index (χ3n) is 4.82. The molecule has 1 heterocycles. The highest BCUT2D eigenvalue weighted by Gasteiger charge is 2.45. The summed E-state index contributed by atoms with van der Waals surface area (Å²) in [5, 5.41) is 2.51. The first-order chi connectivity index (χ1) is 14.8. The van der Waals surface area contributed by atoms with Crippen LogP contribution in [-0.4, -0.2) is 59.7 Å². The van der Waals surface area contributed by atoms with Gasteiger partial charge in [0.05, 0.1) is 20.2 Å². The van der Waals surface area contributed by atoms with Gasteiger partial charge in [-0.05, 0) is 42.7 Å². The summed E-state index contributed by atoms with van der Waals surface area (Å²) in [5.41, 5.74) is 2.00. The summed E-state index contributed by atoms with van der Waals surface area (Å²) in [6.07, 6.45) is 9.16. The van der Waals surface area contributed by atoms with Gasteiger partial charge < -0.3 is 4.74 Å². The van der Waals surface area contributed by atoms with Crippen molar-refractivity contribution in [3.63, 3.8) is 0 Å². The molecule has 1 aromatic rings. The Hall–Kier alpha value is -4.01. The van der Waals surface area contributed by atoms with Crippen LogP contribution in [0.25, 0.3) is 0 Å². The zero-order valence-corrected chi connectivity index (χ0v) is 17.1. The van der Waals surface area contributed by atoms with Crippen molar-refractivity contribution in [1.29, 1.82) is 0 Å². The molecule has 1 saturated heterocycles. The molecule has 1 aliphatic heterocycles. The van der Waals surface area contributed by atoms with Gasteiger partial charge in [0.2, 0.25) is 0 Å². The van der Waals surface area contributed by atoms with E-state index in [9.17, 15) is 24.0 Å². The van der Waals surface area contributed by atoms with Gasteiger partial charge in [0.15, 0.2) is 5.78 Å². The molecule has 9 heteroatoms. The largest absolute Gasteiger partial charge is 0.453 e. The molecule has 160 valence electrons. The summed E-state index contributed by atoms with van der Waals surface area (Å²) in [4.78, 5) is 62.8. The number of ketones is 1. The van der Waals surface area contributed by atoms with Crippen molar-refractivity contribution in [2.24, 2.45) is 0 Å². The average molecular weight is 423 g/mol. The average Bonchev–Trinajstić information content (AvgIpc) is 2.95. The quantitative estimate of drug-likeness (QED) is 0.427. The Kier molecular flexibility index (Phi) is 6.44. The number of hydrogen-bond acceptors (Lipinski definition) is 6. The third-order valence-corrected chi connectivity index (χ3v) is 4.82. The number of anilines is 1. The number of allylic oxidation sites excluding steroid dienone is 4. The van der Waals surface area contributed by atoms with Crippen molar-refractivity contribution in [3.8, 4) is 0 Å². The van der Waals surface area contributed by atoms with E-state index in [0.717, 1.165) is 10.5 Å². The van der Waals surface area contributed by atoms with Crippen molar-refractivity contribution < 1.29 is 28.7 Å². The van der Waals surface area contributed by atoms with Crippen LogP contribution in [0.15, 0.2) is 54.2 Å². The van der Waals surface area contributed by atoms with Gasteiger partial charge in [-0.3, -0.25) is 24.6 Å². The van der Waals surface area contributed by atoms with E-state index in [1.807, 2.05) is 18.2 Å². The van der Waals surface area contributed by atoms with E-state index in [1.165, 1.54) is 25.3 Å². The van der Waals surface area contributed by atoms with E-state index in [0.29, 0.717) is 22.6 Å². The predicted molar refractivity (Wildman–Crippen MR) is 111 cm³/mol. The Morgan fingerprint density at radius 1 is 1.10 bits per heavy atom. The van der Waals surface area contributed by atoms with Crippen molar-refractivity contribution in [2.75, 3.05) is 25.5 Å². The highest BCUT2D eigenvalue weighted by Crippen LogP contribution is 2.20. The SMILES string of the molecule is COC(=O)Nc1ccc(C(=O)CN2C(=O)C(=O)N(CC3=CCC=CC=C3)C2=O)cc1C. The third kappa shape index (κ3) is 4.77. The molecule has 31 heavy (non-hydrogen) atoms. The van der Waals surface area contributed by atoms with Crippen LogP contribution in [0, 0.1) is 6.92 Å². The number of amides is 5. The maximum Gasteiger partial charge on any atom is 0.411 e. The molecule has 9 nitrogen and oxygen atoms in total. The fourth-order valence-corrected chi connectivity index (χ4v) is 3.13. The van der Waals surface area contributed by atoms with Gasteiger partial charge in [-0.1, -0.05) is 30.4 Å². The van der Waals surface area contributed by atoms with Crippen molar-refractivity contribution >= 4 is 35.4 Å². The fraction of sp³-hybridized carbons (Fsp3) is 0.227. The Balaban J connectivity index is 1.71. The maximum absolute atomic E-state index is 12.7. The summed E-state index contributed by atoms with van der Waals surface area (Å²) < 4.78 is 4.53. The number of nitrogens with one attached hydrogen (secondary N) is 1. The summed E-state index contributed by atoms with van der Waals surface area (Å²) in [7, 11) is 1.23. The van der Waals surface area contributed by atoms with Gasteiger partial charge in [-0.25, -0.2) is 14.5 Å². The lowest BCUT2D eigenvalue weighted by molar-refractivity contribution is -0.142. The number of methoxy groups -OCH3 is 1. The van der Waals surface area contributed by atoms with Crippen LogP contribution in [0.5, 0.6) is 0 Å². The van der Waals surface area contributed by atoms with E-state index in [4.69, 9.17) is 0 Å². The van der Waals surface area contributed by atoms with Gasteiger partial charge in [-0.15, -0.1) is 0 Å². The van der Waals surface area contributed by atoms with Crippen LogP contribution in [0.4, 0.5) is 15.3 Å². The molecule has 2 aliphatic rings. The number of nitrogens with zero attached hydrogens (tertiary/aromatic N) is 2. The Morgan fingerprint density at radius 3 is 2.55 bits per heavy atom. The molecular formula is C22H21N3O6. The summed E-state index contributed by atoms with van der Waals surface area (Å²) in [6.45, 7) is 1.08. The lowest BCUT2D eigenvalue weighted by atomic mass is 10.1.